The quantitative estimate of drug-likeness (QED) is 0.810. The zero-order valence-electron chi connectivity index (χ0n) is 12.6. The summed E-state index contributed by atoms with van der Waals surface area (Å²) in [6, 6.07) is 15.7. The van der Waals surface area contributed by atoms with Crippen LogP contribution >= 0.6 is 0 Å². The molecule has 3 heteroatoms. The molecule has 2 rings (SSSR count). The van der Waals surface area contributed by atoms with Crippen LogP contribution in [-0.2, 0) is 4.79 Å². The highest BCUT2D eigenvalue weighted by molar-refractivity contribution is 5.91. The Morgan fingerprint density at radius 2 is 1.67 bits per heavy atom. The predicted octanol–water partition coefficient (Wildman–Crippen LogP) is 4.10. The molecule has 3 nitrogen and oxygen atoms in total. The van der Waals surface area contributed by atoms with Crippen LogP contribution in [0.1, 0.15) is 24.0 Å². The van der Waals surface area contributed by atoms with E-state index in [0.29, 0.717) is 19.4 Å². The Kier molecular flexibility index (Phi) is 5.38. The molecule has 0 aromatic heterocycles. The Bertz CT molecular complexity index is 608. The summed E-state index contributed by atoms with van der Waals surface area (Å²) < 4.78 is 5.68. The first kappa shape index (κ1) is 15.1. The van der Waals surface area contributed by atoms with E-state index in [4.69, 9.17) is 4.74 Å². The summed E-state index contributed by atoms with van der Waals surface area (Å²) in [7, 11) is 0. The largest absolute Gasteiger partial charge is 0.493 e. The molecule has 1 amide bonds. The van der Waals surface area contributed by atoms with Gasteiger partial charge in [-0.2, -0.15) is 0 Å². The van der Waals surface area contributed by atoms with Crippen LogP contribution in [0, 0.1) is 13.8 Å². The highest BCUT2D eigenvalue weighted by Crippen LogP contribution is 2.17. The zero-order valence-corrected chi connectivity index (χ0v) is 12.6. The fourth-order valence-electron chi connectivity index (χ4n) is 2.06. The van der Waals surface area contributed by atoms with Crippen molar-refractivity contribution in [3.8, 4) is 5.75 Å². The van der Waals surface area contributed by atoms with Crippen molar-refractivity contribution >= 4 is 11.6 Å². The third-order valence-electron chi connectivity index (χ3n) is 3.32. The van der Waals surface area contributed by atoms with Crippen molar-refractivity contribution in [2.75, 3.05) is 11.9 Å². The summed E-state index contributed by atoms with van der Waals surface area (Å²) in [5, 5.41) is 2.93. The topological polar surface area (TPSA) is 38.3 Å². The van der Waals surface area contributed by atoms with Gasteiger partial charge in [-0.3, -0.25) is 4.79 Å². The first-order chi connectivity index (χ1) is 10.2. The molecule has 0 radical (unpaired) electrons. The Morgan fingerprint density at radius 1 is 1.00 bits per heavy atom. The minimum absolute atomic E-state index is 0.0256. The molecule has 110 valence electrons. The van der Waals surface area contributed by atoms with Gasteiger partial charge < -0.3 is 10.1 Å². The van der Waals surface area contributed by atoms with Crippen LogP contribution in [0.2, 0.25) is 0 Å². The van der Waals surface area contributed by atoms with Crippen LogP contribution in [0.3, 0.4) is 0 Å². The Morgan fingerprint density at radius 3 is 2.38 bits per heavy atom. The molecule has 0 aliphatic carbocycles. The van der Waals surface area contributed by atoms with Crippen LogP contribution in [0.4, 0.5) is 5.69 Å². The van der Waals surface area contributed by atoms with E-state index in [9.17, 15) is 4.79 Å². The number of benzene rings is 2. The van der Waals surface area contributed by atoms with Gasteiger partial charge in [0.2, 0.25) is 5.91 Å². The number of rotatable bonds is 6. The van der Waals surface area contributed by atoms with E-state index < -0.39 is 0 Å². The molecule has 0 bridgehead atoms. The van der Waals surface area contributed by atoms with Crippen LogP contribution in [-0.4, -0.2) is 12.5 Å². The maximum atomic E-state index is 11.9. The van der Waals surface area contributed by atoms with Crippen molar-refractivity contribution < 1.29 is 9.53 Å². The van der Waals surface area contributed by atoms with Crippen molar-refractivity contribution in [1.29, 1.82) is 0 Å². The molecule has 0 unspecified atom stereocenters. The number of ether oxygens (including phenoxy) is 1. The Hall–Kier alpha value is -2.29. The SMILES string of the molecule is Cc1ccccc1NC(=O)CCCOc1ccccc1C. The number of carbonyl (C=O) groups excluding carboxylic acids is 1. The number of amides is 1. The third kappa shape index (κ3) is 4.63. The zero-order chi connectivity index (χ0) is 15.1. The van der Waals surface area contributed by atoms with Crippen LogP contribution in [0.15, 0.2) is 48.5 Å². The van der Waals surface area contributed by atoms with Crippen LogP contribution < -0.4 is 10.1 Å². The molecule has 0 atom stereocenters. The summed E-state index contributed by atoms with van der Waals surface area (Å²) >= 11 is 0. The summed E-state index contributed by atoms with van der Waals surface area (Å²) in [6.45, 7) is 4.54. The van der Waals surface area contributed by atoms with E-state index in [0.717, 1.165) is 22.6 Å². The normalized spacial score (nSPS) is 10.2. The van der Waals surface area contributed by atoms with Gasteiger partial charge in [-0.1, -0.05) is 36.4 Å². The number of hydrogen-bond acceptors (Lipinski definition) is 2. The summed E-state index contributed by atoms with van der Waals surface area (Å²) in [5.74, 6) is 0.912. The summed E-state index contributed by atoms with van der Waals surface area (Å²) in [5.41, 5.74) is 3.06. The number of carbonyl (C=O) groups is 1. The molecule has 0 aliphatic heterocycles. The molecule has 21 heavy (non-hydrogen) atoms. The molecule has 0 fully saturated rings. The highest BCUT2D eigenvalue weighted by Gasteiger charge is 2.04. The fraction of sp³-hybridized carbons (Fsp3) is 0.278. The number of aryl methyl sites for hydroxylation is 2. The van der Waals surface area contributed by atoms with Gasteiger partial charge in [-0.25, -0.2) is 0 Å². The molecule has 0 spiro atoms. The maximum Gasteiger partial charge on any atom is 0.224 e. The van der Waals surface area contributed by atoms with Gasteiger partial charge in [0.05, 0.1) is 6.61 Å². The van der Waals surface area contributed by atoms with E-state index in [2.05, 4.69) is 5.32 Å². The molecule has 1 N–H and O–H groups in total. The van der Waals surface area contributed by atoms with Gasteiger partial charge in [0.1, 0.15) is 5.75 Å². The molecule has 2 aromatic carbocycles. The first-order valence-corrected chi connectivity index (χ1v) is 7.21. The lowest BCUT2D eigenvalue weighted by molar-refractivity contribution is -0.116. The predicted molar refractivity (Wildman–Crippen MR) is 85.7 cm³/mol. The number of para-hydroxylation sites is 2. The smallest absolute Gasteiger partial charge is 0.224 e. The average molecular weight is 283 g/mol. The van der Waals surface area contributed by atoms with Gasteiger partial charge in [-0.15, -0.1) is 0 Å². The molecule has 0 saturated heterocycles. The highest BCUT2D eigenvalue weighted by atomic mass is 16.5. The van der Waals surface area contributed by atoms with E-state index >= 15 is 0 Å². The van der Waals surface area contributed by atoms with Crippen molar-refractivity contribution in [2.24, 2.45) is 0 Å². The summed E-state index contributed by atoms with van der Waals surface area (Å²) in [4.78, 5) is 11.9. The van der Waals surface area contributed by atoms with Gasteiger partial charge in [0.15, 0.2) is 0 Å². The minimum atomic E-state index is 0.0256. The maximum absolute atomic E-state index is 11.9. The molecule has 0 saturated carbocycles. The Balaban J connectivity index is 1.73. The standard InChI is InChI=1S/C18H21NO2/c1-14-8-3-5-10-16(14)19-18(20)12-7-13-21-17-11-6-4-9-15(17)2/h3-6,8-11H,7,12-13H2,1-2H3,(H,19,20). The van der Waals surface area contributed by atoms with Gasteiger partial charge >= 0.3 is 0 Å². The lowest BCUT2D eigenvalue weighted by Gasteiger charge is -2.10. The van der Waals surface area contributed by atoms with Gasteiger partial charge in [0.25, 0.3) is 0 Å². The molecule has 2 aromatic rings. The molecule has 0 heterocycles. The second-order valence-electron chi connectivity index (χ2n) is 5.08. The first-order valence-electron chi connectivity index (χ1n) is 7.21. The molecular formula is C18H21NO2. The lowest BCUT2D eigenvalue weighted by atomic mass is 10.2. The number of anilines is 1. The van der Waals surface area contributed by atoms with E-state index in [1.54, 1.807) is 0 Å². The third-order valence-corrected chi connectivity index (χ3v) is 3.32. The van der Waals surface area contributed by atoms with E-state index in [1.807, 2.05) is 62.4 Å². The van der Waals surface area contributed by atoms with E-state index in [1.165, 1.54) is 0 Å². The second-order valence-corrected chi connectivity index (χ2v) is 5.08. The molecular weight excluding hydrogens is 262 g/mol. The Labute approximate surface area is 126 Å². The van der Waals surface area contributed by atoms with Crippen molar-refractivity contribution in [1.82, 2.24) is 0 Å². The molecule has 0 aliphatic rings. The number of hydrogen-bond donors (Lipinski definition) is 1. The van der Waals surface area contributed by atoms with Gasteiger partial charge in [-0.05, 0) is 43.5 Å². The summed E-state index contributed by atoms with van der Waals surface area (Å²) in [6.07, 6.45) is 1.16. The fourth-order valence-corrected chi connectivity index (χ4v) is 2.06. The van der Waals surface area contributed by atoms with Crippen molar-refractivity contribution in [2.45, 2.75) is 26.7 Å². The van der Waals surface area contributed by atoms with Gasteiger partial charge in [0, 0.05) is 12.1 Å². The van der Waals surface area contributed by atoms with E-state index in [-0.39, 0.29) is 5.91 Å². The van der Waals surface area contributed by atoms with Crippen molar-refractivity contribution in [3.05, 3.63) is 59.7 Å². The second kappa shape index (κ2) is 7.48. The van der Waals surface area contributed by atoms with Crippen LogP contribution in [0.5, 0.6) is 5.75 Å². The minimum Gasteiger partial charge on any atom is -0.493 e. The van der Waals surface area contributed by atoms with Crippen molar-refractivity contribution in [3.63, 3.8) is 0 Å². The number of nitrogens with one attached hydrogen (secondary N) is 1. The van der Waals surface area contributed by atoms with Crippen LogP contribution in [0.25, 0.3) is 0 Å². The average Bonchev–Trinajstić information content (AvgIpc) is 2.48. The lowest BCUT2D eigenvalue weighted by Crippen LogP contribution is -2.13. The monoisotopic (exact) mass is 283 g/mol.